The minimum Gasteiger partial charge on any atom is -0.312 e. The third-order valence-corrected chi connectivity index (χ3v) is 2.64. The van der Waals surface area contributed by atoms with Gasteiger partial charge in [-0.15, -0.1) is 0 Å². The zero-order chi connectivity index (χ0) is 13.0. The van der Waals surface area contributed by atoms with E-state index in [9.17, 15) is 8.78 Å². The van der Waals surface area contributed by atoms with E-state index in [0.29, 0.717) is 6.54 Å². The van der Waals surface area contributed by atoms with Gasteiger partial charge < -0.3 is 5.32 Å². The third-order valence-electron chi connectivity index (χ3n) is 2.64. The molecular weight excluding hydrogens is 236 g/mol. The Kier molecular flexibility index (Phi) is 4.04. The van der Waals surface area contributed by atoms with Crippen LogP contribution in [0, 0.1) is 11.6 Å². The van der Waals surface area contributed by atoms with Gasteiger partial charge in [-0.1, -0.05) is 6.07 Å². The second-order valence-electron chi connectivity index (χ2n) is 4.16. The summed E-state index contributed by atoms with van der Waals surface area (Å²) in [4.78, 5) is 0. The van der Waals surface area contributed by atoms with Crippen molar-refractivity contribution < 1.29 is 8.78 Å². The van der Waals surface area contributed by atoms with Crippen LogP contribution in [0.25, 0.3) is 0 Å². The van der Waals surface area contributed by atoms with Crippen LogP contribution in [0.1, 0.15) is 11.3 Å². The van der Waals surface area contributed by atoms with Gasteiger partial charge in [0.15, 0.2) is 11.6 Å². The highest BCUT2D eigenvalue weighted by Crippen LogP contribution is 2.08. The van der Waals surface area contributed by atoms with Gasteiger partial charge in [0.1, 0.15) is 0 Å². The van der Waals surface area contributed by atoms with Crippen LogP contribution < -0.4 is 5.32 Å². The molecule has 0 radical (unpaired) electrons. The van der Waals surface area contributed by atoms with Crippen molar-refractivity contribution in [3.63, 3.8) is 0 Å². The normalized spacial score (nSPS) is 10.8. The van der Waals surface area contributed by atoms with Crippen molar-refractivity contribution in [1.82, 2.24) is 15.1 Å². The van der Waals surface area contributed by atoms with E-state index in [4.69, 9.17) is 0 Å². The van der Waals surface area contributed by atoms with Crippen molar-refractivity contribution in [1.29, 1.82) is 0 Å². The second kappa shape index (κ2) is 5.73. The zero-order valence-corrected chi connectivity index (χ0v) is 10.2. The summed E-state index contributed by atoms with van der Waals surface area (Å²) in [6, 6.07) is 5.89. The first-order valence-electron chi connectivity index (χ1n) is 5.78. The maximum atomic E-state index is 12.9. The maximum Gasteiger partial charge on any atom is 0.159 e. The first-order chi connectivity index (χ1) is 8.65. The van der Waals surface area contributed by atoms with Gasteiger partial charge in [-0.05, 0) is 23.8 Å². The molecule has 0 saturated carbocycles. The molecule has 1 heterocycles. The fourth-order valence-corrected chi connectivity index (χ4v) is 1.70. The van der Waals surface area contributed by atoms with Crippen molar-refractivity contribution in [3.8, 4) is 0 Å². The average Bonchev–Trinajstić information content (AvgIpc) is 2.75. The molecule has 2 rings (SSSR count). The number of aromatic nitrogens is 2. The number of halogens is 2. The van der Waals surface area contributed by atoms with Gasteiger partial charge in [0.05, 0.1) is 5.69 Å². The number of hydrogen-bond acceptors (Lipinski definition) is 2. The number of nitrogens with one attached hydrogen (secondary N) is 1. The Hall–Kier alpha value is -1.75. The van der Waals surface area contributed by atoms with Crippen molar-refractivity contribution >= 4 is 0 Å². The molecule has 1 N–H and O–H groups in total. The van der Waals surface area contributed by atoms with E-state index < -0.39 is 11.6 Å². The minimum absolute atomic E-state index is 0.518. The van der Waals surface area contributed by atoms with Crippen molar-refractivity contribution in [2.24, 2.45) is 7.05 Å². The molecule has 0 aliphatic heterocycles. The van der Waals surface area contributed by atoms with Gasteiger partial charge in [0, 0.05) is 32.8 Å². The lowest BCUT2D eigenvalue weighted by atomic mass is 10.2. The summed E-state index contributed by atoms with van der Waals surface area (Å²) < 4.78 is 27.4. The Morgan fingerprint density at radius 3 is 2.72 bits per heavy atom. The fourth-order valence-electron chi connectivity index (χ4n) is 1.70. The molecule has 96 valence electrons. The van der Waals surface area contributed by atoms with Crippen LogP contribution in [0.3, 0.4) is 0 Å². The van der Waals surface area contributed by atoms with E-state index in [2.05, 4.69) is 10.4 Å². The highest BCUT2D eigenvalue weighted by molar-refractivity contribution is 5.17. The Morgan fingerprint density at radius 2 is 2.06 bits per heavy atom. The molecule has 0 saturated heterocycles. The van der Waals surface area contributed by atoms with Crippen LogP contribution in [0.2, 0.25) is 0 Å². The van der Waals surface area contributed by atoms with E-state index in [-0.39, 0.29) is 0 Å². The first kappa shape index (κ1) is 12.7. The van der Waals surface area contributed by atoms with Gasteiger partial charge in [-0.2, -0.15) is 5.10 Å². The van der Waals surface area contributed by atoms with E-state index in [1.54, 1.807) is 10.7 Å². The predicted molar refractivity (Wildman–Crippen MR) is 65.0 cm³/mol. The molecule has 5 heteroatoms. The van der Waals surface area contributed by atoms with E-state index in [0.717, 1.165) is 30.3 Å². The molecule has 0 bridgehead atoms. The molecule has 0 aliphatic carbocycles. The lowest BCUT2D eigenvalue weighted by molar-refractivity contribution is 0.506. The van der Waals surface area contributed by atoms with Crippen LogP contribution in [-0.4, -0.2) is 16.3 Å². The molecule has 0 spiro atoms. The number of rotatable bonds is 5. The topological polar surface area (TPSA) is 29.9 Å². The largest absolute Gasteiger partial charge is 0.312 e. The van der Waals surface area contributed by atoms with E-state index in [1.165, 1.54) is 6.07 Å². The van der Waals surface area contributed by atoms with Crippen LogP contribution >= 0.6 is 0 Å². The molecule has 2 aromatic rings. The fraction of sp³-hybridized carbons (Fsp3) is 0.308. The van der Waals surface area contributed by atoms with Crippen LogP contribution in [0.5, 0.6) is 0 Å². The van der Waals surface area contributed by atoms with Gasteiger partial charge in [0.2, 0.25) is 0 Å². The summed E-state index contributed by atoms with van der Waals surface area (Å²) in [6.45, 7) is 1.26. The van der Waals surface area contributed by atoms with E-state index in [1.807, 2.05) is 19.3 Å². The van der Waals surface area contributed by atoms with Crippen molar-refractivity contribution in [3.05, 3.63) is 53.4 Å². The molecule has 0 amide bonds. The summed E-state index contributed by atoms with van der Waals surface area (Å²) in [7, 11) is 1.87. The van der Waals surface area contributed by atoms with E-state index >= 15 is 0 Å². The molecule has 0 atom stereocenters. The van der Waals surface area contributed by atoms with Gasteiger partial charge in [-0.25, -0.2) is 8.78 Å². The second-order valence-corrected chi connectivity index (χ2v) is 4.16. The molecule has 0 aliphatic rings. The lowest BCUT2D eigenvalue weighted by Gasteiger charge is -2.04. The predicted octanol–water partition coefficient (Wildman–Crippen LogP) is 2.03. The van der Waals surface area contributed by atoms with Crippen molar-refractivity contribution in [2.45, 2.75) is 13.0 Å². The maximum absolute atomic E-state index is 12.9. The SMILES string of the molecule is Cn1ccc(CCNCc2ccc(F)c(F)c2)n1. The number of benzene rings is 1. The number of hydrogen-bond donors (Lipinski definition) is 1. The molecule has 0 unspecified atom stereocenters. The molecular formula is C13H15F2N3. The Labute approximate surface area is 104 Å². The summed E-state index contributed by atoms with van der Waals surface area (Å²) in [6.07, 6.45) is 2.70. The van der Waals surface area contributed by atoms with Crippen LogP contribution in [0.4, 0.5) is 8.78 Å². The minimum atomic E-state index is -0.813. The van der Waals surface area contributed by atoms with Crippen LogP contribution in [0.15, 0.2) is 30.5 Å². The zero-order valence-electron chi connectivity index (χ0n) is 10.2. The number of nitrogens with zero attached hydrogens (tertiary/aromatic N) is 2. The standard InChI is InChI=1S/C13H15F2N3/c1-18-7-5-11(17-18)4-6-16-9-10-2-3-12(14)13(15)8-10/h2-3,5,7-8,16H,4,6,9H2,1H3. The van der Waals surface area contributed by atoms with Gasteiger partial charge >= 0.3 is 0 Å². The quantitative estimate of drug-likeness (QED) is 0.824. The van der Waals surface area contributed by atoms with Gasteiger partial charge in [-0.3, -0.25) is 4.68 Å². The Bertz CT molecular complexity index is 523. The lowest BCUT2D eigenvalue weighted by Crippen LogP contribution is -2.17. The summed E-state index contributed by atoms with van der Waals surface area (Å²) >= 11 is 0. The summed E-state index contributed by atoms with van der Waals surface area (Å²) in [5, 5.41) is 7.42. The monoisotopic (exact) mass is 251 g/mol. The van der Waals surface area contributed by atoms with Crippen LogP contribution in [-0.2, 0) is 20.0 Å². The smallest absolute Gasteiger partial charge is 0.159 e. The summed E-state index contributed by atoms with van der Waals surface area (Å²) in [5.74, 6) is -1.62. The number of aryl methyl sites for hydroxylation is 1. The Morgan fingerprint density at radius 1 is 1.22 bits per heavy atom. The Balaban J connectivity index is 1.76. The molecule has 18 heavy (non-hydrogen) atoms. The molecule has 3 nitrogen and oxygen atoms in total. The highest BCUT2D eigenvalue weighted by atomic mass is 19.2. The first-order valence-corrected chi connectivity index (χ1v) is 5.78. The summed E-state index contributed by atoms with van der Waals surface area (Å²) in [5.41, 5.74) is 1.74. The average molecular weight is 251 g/mol. The highest BCUT2D eigenvalue weighted by Gasteiger charge is 2.02. The van der Waals surface area contributed by atoms with Gasteiger partial charge in [0.25, 0.3) is 0 Å². The molecule has 1 aromatic heterocycles. The molecule has 0 fully saturated rings. The van der Waals surface area contributed by atoms with Crippen molar-refractivity contribution in [2.75, 3.05) is 6.54 Å². The third kappa shape index (κ3) is 3.37. The molecule has 1 aromatic carbocycles.